The summed E-state index contributed by atoms with van der Waals surface area (Å²) in [5.74, 6) is 0.846. The fourth-order valence-corrected chi connectivity index (χ4v) is 2.64. The first-order valence-electron chi connectivity index (χ1n) is 8.71. The number of methoxy groups -OCH3 is 2. The molecule has 0 bridgehead atoms. The van der Waals surface area contributed by atoms with Crippen molar-refractivity contribution in [1.82, 2.24) is 15.6 Å². The van der Waals surface area contributed by atoms with Crippen LogP contribution in [0.4, 0.5) is 0 Å². The molecular formula is C21H22N4O3. The summed E-state index contributed by atoms with van der Waals surface area (Å²) in [4.78, 5) is 12.4. The maximum Gasteiger partial charge on any atom is 0.289 e. The fraction of sp³-hybridized carbons (Fsp3) is 0.190. The normalized spacial score (nSPS) is 11.2. The summed E-state index contributed by atoms with van der Waals surface area (Å²) in [7, 11) is 3.15. The van der Waals surface area contributed by atoms with Crippen LogP contribution in [0.5, 0.6) is 11.5 Å². The highest BCUT2D eigenvalue weighted by atomic mass is 16.5. The number of hydrazone groups is 1. The first-order valence-corrected chi connectivity index (χ1v) is 8.71. The summed E-state index contributed by atoms with van der Waals surface area (Å²) in [5.41, 5.74) is 7.10. The minimum Gasteiger partial charge on any atom is -0.493 e. The van der Waals surface area contributed by atoms with Crippen molar-refractivity contribution >= 4 is 11.6 Å². The number of hydrogen-bond donors (Lipinski definition) is 2. The molecule has 2 aromatic carbocycles. The van der Waals surface area contributed by atoms with Crippen molar-refractivity contribution < 1.29 is 14.3 Å². The van der Waals surface area contributed by atoms with Gasteiger partial charge in [0.25, 0.3) is 5.91 Å². The zero-order valence-electron chi connectivity index (χ0n) is 16.2. The molecule has 7 nitrogen and oxygen atoms in total. The van der Waals surface area contributed by atoms with Crippen molar-refractivity contribution in [2.75, 3.05) is 14.2 Å². The van der Waals surface area contributed by atoms with Gasteiger partial charge in [0.05, 0.1) is 25.6 Å². The Balaban J connectivity index is 1.73. The molecular weight excluding hydrogens is 356 g/mol. The number of hydrogen-bond acceptors (Lipinski definition) is 5. The Morgan fingerprint density at radius 2 is 1.75 bits per heavy atom. The molecule has 28 heavy (non-hydrogen) atoms. The zero-order chi connectivity index (χ0) is 20.1. The highest BCUT2D eigenvalue weighted by molar-refractivity contribution is 6.00. The first-order chi connectivity index (χ1) is 13.5. The highest BCUT2D eigenvalue weighted by Crippen LogP contribution is 2.31. The number of aromatic amines is 1. The predicted octanol–water partition coefficient (Wildman–Crippen LogP) is 3.56. The lowest BCUT2D eigenvalue weighted by molar-refractivity contribution is 0.0950. The van der Waals surface area contributed by atoms with E-state index in [4.69, 9.17) is 9.47 Å². The fourth-order valence-electron chi connectivity index (χ4n) is 2.64. The number of benzene rings is 2. The third kappa shape index (κ3) is 4.20. The van der Waals surface area contributed by atoms with Gasteiger partial charge in [0.2, 0.25) is 0 Å². The van der Waals surface area contributed by atoms with Crippen LogP contribution in [0.3, 0.4) is 0 Å². The van der Waals surface area contributed by atoms with Crippen LogP contribution in [-0.2, 0) is 0 Å². The summed E-state index contributed by atoms with van der Waals surface area (Å²) < 4.78 is 10.5. The molecule has 0 aliphatic heterocycles. The Labute approximate surface area is 163 Å². The molecule has 0 spiro atoms. The van der Waals surface area contributed by atoms with Crippen molar-refractivity contribution in [2.24, 2.45) is 5.10 Å². The largest absolute Gasteiger partial charge is 0.493 e. The van der Waals surface area contributed by atoms with Gasteiger partial charge in [-0.2, -0.15) is 10.2 Å². The molecule has 3 aromatic rings. The van der Waals surface area contributed by atoms with Crippen LogP contribution in [-0.4, -0.2) is 36.0 Å². The Morgan fingerprint density at radius 1 is 1.04 bits per heavy atom. The Hall–Kier alpha value is -3.61. The number of rotatable bonds is 6. The van der Waals surface area contributed by atoms with Crippen molar-refractivity contribution in [2.45, 2.75) is 13.8 Å². The van der Waals surface area contributed by atoms with E-state index in [1.807, 2.05) is 44.2 Å². The van der Waals surface area contributed by atoms with E-state index in [1.165, 1.54) is 5.56 Å². The third-order valence-corrected chi connectivity index (χ3v) is 4.30. The molecule has 3 rings (SSSR count). The van der Waals surface area contributed by atoms with E-state index in [0.29, 0.717) is 28.6 Å². The molecule has 144 valence electrons. The van der Waals surface area contributed by atoms with Crippen LogP contribution >= 0.6 is 0 Å². The van der Waals surface area contributed by atoms with Gasteiger partial charge in [-0.15, -0.1) is 0 Å². The lowest BCUT2D eigenvalue weighted by Gasteiger charge is -2.08. The van der Waals surface area contributed by atoms with Crippen molar-refractivity contribution in [3.8, 4) is 22.8 Å². The average molecular weight is 378 g/mol. The number of H-pyrrole nitrogens is 1. The molecule has 2 N–H and O–H groups in total. The number of aryl methyl sites for hydroxylation is 1. The van der Waals surface area contributed by atoms with Gasteiger partial charge >= 0.3 is 0 Å². The van der Waals surface area contributed by atoms with Gasteiger partial charge in [0.1, 0.15) is 5.69 Å². The van der Waals surface area contributed by atoms with Gasteiger partial charge in [-0.3, -0.25) is 9.89 Å². The van der Waals surface area contributed by atoms with Gasteiger partial charge in [-0.25, -0.2) is 5.43 Å². The third-order valence-electron chi connectivity index (χ3n) is 4.30. The van der Waals surface area contributed by atoms with E-state index >= 15 is 0 Å². The van der Waals surface area contributed by atoms with E-state index in [2.05, 4.69) is 20.7 Å². The van der Waals surface area contributed by atoms with Crippen LogP contribution in [0.25, 0.3) is 11.3 Å². The number of carbonyl (C=O) groups excluding carboxylic acids is 1. The van der Waals surface area contributed by atoms with Gasteiger partial charge in [0.15, 0.2) is 11.5 Å². The lowest BCUT2D eigenvalue weighted by Crippen LogP contribution is -2.19. The average Bonchev–Trinajstić information content (AvgIpc) is 3.22. The topological polar surface area (TPSA) is 88.6 Å². The summed E-state index contributed by atoms with van der Waals surface area (Å²) in [6.45, 7) is 3.86. The Bertz CT molecular complexity index is 1010. The van der Waals surface area contributed by atoms with Crippen LogP contribution in [0.15, 0.2) is 53.6 Å². The standard InChI is InChI=1S/C21H22N4O3/c1-13-5-7-15(8-6-13)14(2)22-25-21(26)18-12-17(23-24-18)16-9-10-19(27-3)20(11-16)28-4/h5-12H,1-4H3,(H,23,24)(H,25,26)/b22-14-. The second-order valence-corrected chi connectivity index (χ2v) is 6.24. The minimum atomic E-state index is -0.370. The molecule has 0 unspecified atom stereocenters. The summed E-state index contributed by atoms with van der Waals surface area (Å²) in [6.07, 6.45) is 0. The van der Waals surface area contributed by atoms with Crippen molar-refractivity contribution in [3.05, 3.63) is 65.4 Å². The molecule has 0 atom stereocenters. The van der Waals surface area contributed by atoms with Crippen molar-refractivity contribution in [1.29, 1.82) is 0 Å². The van der Waals surface area contributed by atoms with Crippen LogP contribution in [0, 0.1) is 6.92 Å². The van der Waals surface area contributed by atoms with Gasteiger partial charge in [0, 0.05) is 5.56 Å². The number of amides is 1. The minimum absolute atomic E-state index is 0.310. The van der Waals surface area contributed by atoms with E-state index < -0.39 is 0 Å². The molecule has 0 radical (unpaired) electrons. The molecule has 0 fully saturated rings. The highest BCUT2D eigenvalue weighted by Gasteiger charge is 2.13. The lowest BCUT2D eigenvalue weighted by atomic mass is 10.1. The molecule has 1 amide bonds. The molecule has 0 aliphatic rings. The Morgan fingerprint density at radius 3 is 2.43 bits per heavy atom. The van der Waals surface area contributed by atoms with Gasteiger partial charge in [-0.1, -0.05) is 29.8 Å². The number of nitrogens with zero attached hydrogens (tertiary/aromatic N) is 2. The second-order valence-electron chi connectivity index (χ2n) is 6.24. The molecule has 0 saturated heterocycles. The molecule has 1 heterocycles. The summed E-state index contributed by atoms with van der Waals surface area (Å²) in [6, 6.07) is 15.0. The number of carbonyl (C=O) groups is 1. The Kier molecular flexibility index (Phi) is 5.74. The van der Waals surface area contributed by atoms with E-state index in [9.17, 15) is 4.79 Å². The number of ether oxygens (including phenoxy) is 2. The smallest absolute Gasteiger partial charge is 0.289 e. The van der Waals surface area contributed by atoms with Crippen LogP contribution < -0.4 is 14.9 Å². The zero-order valence-corrected chi connectivity index (χ0v) is 16.2. The quantitative estimate of drug-likeness (QED) is 0.507. The number of nitrogens with one attached hydrogen (secondary N) is 2. The molecule has 7 heteroatoms. The summed E-state index contributed by atoms with van der Waals surface area (Å²) in [5, 5.41) is 11.1. The van der Waals surface area contributed by atoms with E-state index in [1.54, 1.807) is 32.4 Å². The maximum absolute atomic E-state index is 12.4. The van der Waals surface area contributed by atoms with Gasteiger partial charge in [-0.05, 0) is 43.7 Å². The molecule has 0 saturated carbocycles. The van der Waals surface area contributed by atoms with Crippen LogP contribution in [0.1, 0.15) is 28.5 Å². The van der Waals surface area contributed by atoms with Gasteiger partial charge < -0.3 is 9.47 Å². The van der Waals surface area contributed by atoms with Crippen molar-refractivity contribution in [3.63, 3.8) is 0 Å². The predicted molar refractivity (Wildman–Crippen MR) is 108 cm³/mol. The number of aromatic nitrogens is 2. The van der Waals surface area contributed by atoms with E-state index in [-0.39, 0.29) is 5.91 Å². The second kappa shape index (κ2) is 8.39. The maximum atomic E-state index is 12.4. The van der Waals surface area contributed by atoms with E-state index in [0.717, 1.165) is 11.1 Å². The summed E-state index contributed by atoms with van der Waals surface area (Å²) >= 11 is 0. The molecule has 0 aliphatic carbocycles. The first kappa shape index (κ1) is 19.2. The monoisotopic (exact) mass is 378 g/mol. The van der Waals surface area contributed by atoms with Crippen LogP contribution in [0.2, 0.25) is 0 Å². The molecule has 1 aromatic heterocycles. The SMILES string of the molecule is COc1ccc(-c2cc(C(=O)N/N=C(/C)c3ccc(C)cc3)[nH]n2)cc1OC.